The first-order valence-corrected chi connectivity index (χ1v) is 8.55. The maximum atomic E-state index is 12.7. The largest absolute Gasteiger partial charge is 0.372 e. The molecule has 1 aliphatic rings. The molecule has 0 bridgehead atoms. The first-order chi connectivity index (χ1) is 12.6. The lowest BCUT2D eigenvalue weighted by molar-refractivity contribution is -0.0586. The van der Waals surface area contributed by atoms with Crippen LogP contribution < -0.4 is 5.32 Å². The molecule has 134 valence electrons. The van der Waals surface area contributed by atoms with Gasteiger partial charge >= 0.3 is 0 Å². The molecule has 1 fully saturated rings. The molecule has 1 N–H and O–H groups in total. The molecule has 2 heterocycles. The van der Waals surface area contributed by atoms with E-state index in [1.54, 1.807) is 0 Å². The number of nitriles is 1. The third-order valence-corrected chi connectivity index (χ3v) is 4.17. The van der Waals surface area contributed by atoms with Gasteiger partial charge in [0.1, 0.15) is 6.07 Å². The fourth-order valence-electron chi connectivity index (χ4n) is 3.03. The molecule has 1 aliphatic heterocycles. The first-order valence-electron chi connectivity index (χ1n) is 8.55. The second-order valence-electron chi connectivity index (χ2n) is 6.38. The number of ether oxygens (including phenoxy) is 1. The van der Waals surface area contributed by atoms with Crippen LogP contribution in [0.15, 0.2) is 36.7 Å². The van der Waals surface area contributed by atoms with Gasteiger partial charge in [-0.25, -0.2) is 9.97 Å². The van der Waals surface area contributed by atoms with Crippen molar-refractivity contribution in [2.75, 3.05) is 18.4 Å². The average Bonchev–Trinajstić information content (AvgIpc) is 2.65. The summed E-state index contributed by atoms with van der Waals surface area (Å²) in [6.45, 7) is 5.67. The van der Waals surface area contributed by atoms with E-state index in [1.807, 2.05) is 49.1 Å². The Bertz CT molecular complexity index is 805. The van der Waals surface area contributed by atoms with Crippen LogP contribution in [-0.2, 0) is 11.3 Å². The standard InChI is InChI=1S/C19H21N5O2/c1-13-11-24(12-14(2)26-13)19(25)16-5-3-15(4-6-16)10-23-18-17(9-20)21-7-8-22-18/h3-8,13-14H,10-12H2,1-2H3,(H,22,23). The summed E-state index contributed by atoms with van der Waals surface area (Å²) in [6, 6.07) is 9.45. The zero-order valence-corrected chi connectivity index (χ0v) is 14.8. The summed E-state index contributed by atoms with van der Waals surface area (Å²) in [5.74, 6) is 0.471. The second kappa shape index (κ2) is 7.93. The van der Waals surface area contributed by atoms with Crippen LogP contribution >= 0.6 is 0 Å². The molecule has 0 spiro atoms. The third-order valence-electron chi connectivity index (χ3n) is 4.17. The average molecular weight is 351 g/mol. The van der Waals surface area contributed by atoms with Gasteiger partial charge in [-0.05, 0) is 31.5 Å². The molecule has 1 aromatic heterocycles. The molecule has 0 saturated carbocycles. The highest BCUT2D eigenvalue weighted by Crippen LogP contribution is 2.16. The molecule has 7 nitrogen and oxygen atoms in total. The number of carbonyl (C=O) groups excluding carboxylic acids is 1. The van der Waals surface area contributed by atoms with E-state index in [9.17, 15) is 4.79 Å². The number of rotatable bonds is 4. The molecule has 1 aromatic carbocycles. The quantitative estimate of drug-likeness (QED) is 0.908. The lowest BCUT2D eigenvalue weighted by atomic mass is 10.1. The number of nitrogens with zero attached hydrogens (tertiary/aromatic N) is 4. The highest BCUT2D eigenvalue weighted by atomic mass is 16.5. The van der Waals surface area contributed by atoms with Crippen LogP contribution in [-0.4, -0.2) is 46.1 Å². The number of hydrogen-bond acceptors (Lipinski definition) is 6. The lowest BCUT2D eigenvalue weighted by Crippen LogP contribution is -2.48. The van der Waals surface area contributed by atoms with Crippen LogP contribution in [0.5, 0.6) is 0 Å². The van der Waals surface area contributed by atoms with Crippen molar-refractivity contribution in [1.82, 2.24) is 14.9 Å². The molecule has 2 aromatic rings. The fourth-order valence-corrected chi connectivity index (χ4v) is 3.03. The van der Waals surface area contributed by atoms with E-state index in [2.05, 4.69) is 15.3 Å². The van der Waals surface area contributed by atoms with E-state index in [4.69, 9.17) is 10.00 Å². The number of aromatic nitrogens is 2. The summed E-state index contributed by atoms with van der Waals surface area (Å²) in [7, 11) is 0. The van der Waals surface area contributed by atoms with E-state index in [0.717, 1.165) is 5.56 Å². The third kappa shape index (κ3) is 4.16. The number of morpholine rings is 1. The van der Waals surface area contributed by atoms with E-state index in [-0.39, 0.29) is 23.8 Å². The van der Waals surface area contributed by atoms with Crippen LogP contribution in [0.3, 0.4) is 0 Å². The first kappa shape index (κ1) is 17.8. The maximum absolute atomic E-state index is 12.7. The molecule has 1 amide bonds. The number of benzene rings is 1. The van der Waals surface area contributed by atoms with Gasteiger partial charge in [0.25, 0.3) is 5.91 Å². The van der Waals surface area contributed by atoms with Crippen molar-refractivity contribution in [3.05, 3.63) is 53.5 Å². The summed E-state index contributed by atoms with van der Waals surface area (Å²) >= 11 is 0. The van der Waals surface area contributed by atoms with E-state index in [1.165, 1.54) is 12.4 Å². The summed E-state index contributed by atoms with van der Waals surface area (Å²) in [6.07, 6.45) is 3.12. The van der Waals surface area contributed by atoms with Crippen LogP contribution in [0.25, 0.3) is 0 Å². The lowest BCUT2D eigenvalue weighted by Gasteiger charge is -2.35. The smallest absolute Gasteiger partial charge is 0.254 e. The Hall–Kier alpha value is -2.98. The van der Waals surface area contributed by atoms with Crippen LogP contribution in [0.2, 0.25) is 0 Å². The highest BCUT2D eigenvalue weighted by molar-refractivity contribution is 5.94. The van der Waals surface area contributed by atoms with Crippen molar-refractivity contribution in [2.45, 2.75) is 32.6 Å². The van der Waals surface area contributed by atoms with E-state index >= 15 is 0 Å². The number of amides is 1. The highest BCUT2D eigenvalue weighted by Gasteiger charge is 2.26. The van der Waals surface area contributed by atoms with Crippen LogP contribution in [0, 0.1) is 11.3 Å². The molecule has 0 aliphatic carbocycles. The second-order valence-corrected chi connectivity index (χ2v) is 6.38. The van der Waals surface area contributed by atoms with Gasteiger partial charge in [0, 0.05) is 37.6 Å². The zero-order valence-electron chi connectivity index (χ0n) is 14.8. The van der Waals surface area contributed by atoms with E-state index < -0.39 is 0 Å². The topological polar surface area (TPSA) is 91.1 Å². The van der Waals surface area contributed by atoms with Gasteiger partial charge in [-0.1, -0.05) is 12.1 Å². The van der Waals surface area contributed by atoms with Gasteiger partial charge in [0.2, 0.25) is 0 Å². The Kier molecular flexibility index (Phi) is 5.44. The monoisotopic (exact) mass is 351 g/mol. The minimum absolute atomic E-state index is 0.0206. The van der Waals surface area contributed by atoms with Gasteiger partial charge in [-0.3, -0.25) is 4.79 Å². The predicted octanol–water partition coefficient (Wildman–Crippen LogP) is 2.21. The number of carbonyl (C=O) groups is 1. The van der Waals surface area contributed by atoms with Crippen LogP contribution in [0.1, 0.15) is 35.5 Å². The van der Waals surface area contributed by atoms with Gasteiger partial charge in [0.15, 0.2) is 11.5 Å². The van der Waals surface area contributed by atoms with Crippen LogP contribution in [0.4, 0.5) is 5.82 Å². The Morgan fingerprint density at radius 3 is 2.54 bits per heavy atom. The normalized spacial score (nSPS) is 19.7. The Labute approximate surface area is 152 Å². The summed E-state index contributed by atoms with van der Waals surface area (Å²) in [5.41, 5.74) is 1.90. The molecular weight excluding hydrogens is 330 g/mol. The van der Waals surface area contributed by atoms with Crippen molar-refractivity contribution in [3.63, 3.8) is 0 Å². The fraction of sp³-hybridized carbons (Fsp3) is 0.368. The minimum atomic E-state index is 0.0206. The molecule has 26 heavy (non-hydrogen) atoms. The van der Waals surface area contributed by atoms with Gasteiger partial charge < -0.3 is 15.0 Å². The molecular formula is C19H21N5O2. The molecule has 2 unspecified atom stereocenters. The molecule has 0 radical (unpaired) electrons. The number of nitrogens with one attached hydrogen (secondary N) is 1. The molecule has 1 saturated heterocycles. The van der Waals surface area contributed by atoms with E-state index in [0.29, 0.717) is 31.0 Å². The summed E-state index contributed by atoms with van der Waals surface area (Å²) < 4.78 is 5.68. The Morgan fingerprint density at radius 2 is 1.88 bits per heavy atom. The van der Waals surface area contributed by atoms with Crippen molar-refractivity contribution < 1.29 is 9.53 Å². The molecule has 7 heteroatoms. The Morgan fingerprint density at radius 1 is 1.23 bits per heavy atom. The van der Waals surface area contributed by atoms with Gasteiger partial charge in [0.05, 0.1) is 12.2 Å². The summed E-state index contributed by atoms with van der Waals surface area (Å²) in [4.78, 5) is 22.6. The molecule has 3 rings (SSSR count). The van der Waals surface area contributed by atoms with Crippen molar-refractivity contribution in [3.8, 4) is 6.07 Å². The van der Waals surface area contributed by atoms with Crippen molar-refractivity contribution in [1.29, 1.82) is 5.26 Å². The Balaban J connectivity index is 1.63. The summed E-state index contributed by atoms with van der Waals surface area (Å²) in [5, 5.41) is 12.1. The van der Waals surface area contributed by atoms with Gasteiger partial charge in [-0.15, -0.1) is 0 Å². The van der Waals surface area contributed by atoms with Crippen molar-refractivity contribution in [2.24, 2.45) is 0 Å². The van der Waals surface area contributed by atoms with Gasteiger partial charge in [-0.2, -0.15) is 5.26 Å². The zero-order chi connectivity index (χ0) is 18.5. The SMILES string of the molecule is CC1CN(C(=O)c2ccc(CNc3nccnc3C#N)cc2)CC(C)O1. The number of anilines is 1. The number of hydrogen-bond donors (Lipinski definition) is 1. The maximum Gasteiger partial charge on any atom is 0.254 e. The molecule has 2 atom stereocenters. The predicted molar refractivity (Wildman–Crippen MR) is 96.4 cm³/mol. The minimum Gasteiger partial charge on any atom is -0.372 e. The van der Waals surface area contributed by atoms with Crippen molar-refractivity contribution >= 4 is 11.7 Å².